The van der Waals surface area contributed by atoms with Gasteiger partial charge in [0.05, 0.1) is 0 Å². The monoisotopic (exact) mass is 209 g/mol. The molecule has 0 aromatic heterocycles. The molecule has 0 radical (unpaired) electrons. The summed E-state index contributed by atoms with van der Waals surface area (Å²) in [6, 6.07) is 5.43. The summed E-state index contributed by atoms with van der Waals surface area (Å²) in [5.41, 5.74) is 5.72. The fourth-order valence-electron chi connectivity index (χ4n) is 1.38. The van der Waals surface area contributed by atoms with Crippen molar-refractivity contribution >= 4 is 5.97 Å². The summed E-state index contributed by atoms with van der Waals surface area (Å²) < 4.78 is 0. The molecule has 4 N–H and O–H groups in total. The average Bonchev–Trinajstić information content (AvgIpc) is 2.17. The fraction of sp³-hybridized carbons (Fsp3) is 0.364. The average molecular weight is 209 g/mol. The zero-order valence-corrected chi connectivity index (χ0v) is 8.77. The molecule has 0 fully saturated rings. The molecule has 1 rings (SSSR count). The van der Waals surface area contributed by atoms with Crippen LogP contribution in [0.5, 0.6) is 5.75 Å². The van der Waals surface area contributed by atoms with Crippen molar-refractivity contribution in [2.24, 2.45) is 5.73 Å². The Morgan fingerprint density at radius 3 is 2.20 bits per heavy atom. The van der Waals surface area contributed by atoms with Crippen molar-refractivity contribution in [2.75, 3.05) is 0 Å². The minimum Gasteiger partial charge on any atom is -0.508 e. The van der Waals surface area contributed by atoms with Crippen LogP contribution < -0.4 is 5.73 Å². The molecule has 82 valence electrons. The van der Waals surface area contributed by atoms with Crippen LogP contribution >= 0.6 is 0 Å². The molecule has 1 aromatic rings. The highest BCUT2D eigenvalue weighted by Gasteiger charge is 2.33. The number of rotatable bonds is 3. The second-order valence-corrected chi connectivity index (χ2v) is 4.08. The summed E-state index contributed by atoms with van der Waals surface area (Å²) in [6.07, 6.45) is 0. The molecule has 0 amide bonds. The zero-order chi connectivity index (χ0) is 11.6. The number of benzene rings is 1. The number of aromatic hydroxyl groups is 1. The van der Waals surface area contributed by atoms with Gasteiger partial charge in [-0.15, -0.1) is 0 Å². The second kappa shape index (κ2) is 3.90. The SMILES string of the molecule is CC(C)(c1ccc(O)cc1)C(N)C(=O)O. The first-order chi connectivity index (χ1) is 6.85. The number of carbonyl (C=O) groups is 1. The van der Waals surface area contributed by atoms with Crippen molar-refractivity contribution in [3.05, 3.63) is 29.8 Å². The molecular weight excluding hydrogens is 194 g/mol. The molecule has 1 atom stereocenters. The lowest BCUT2D eigenvalue weighted by atomic mass is 9.78. The molecule has 0 spiro atoms. The van der Waals surface area contributed by atoms with Crippen molar-refractivity contribution in [3.8, 4) is 5.75 Å². The van der Waals surface area contributed by atoms with Crippen molar-refractivity contribution in [1.29, 1.82) is 0 Å². The standard InChI is InChI=1S/C11H15NO3/c1-11(2,9(12)10(14)15)7-3-5-8(13)6-4-7/h3-6,9,13H,12H2,1-2H3,(H,14,15). The number of aliphatic carboxylic acids is 1. The Kier molecular flexibility index (Phi) is 3.00. The lowest BCUT2D eigenvalue weighted by Gasteiger charge is -2.29. The predicted molar refractivity (Wildman–Crippen MR) is 56.7 cm³/mol. The van der Waals surface area contributed by atoms with Crippen LogP contribution in [0.4, 0.5) is 0 Å². The lowest BCUT2D eigenvalue weighted by molar-refractivity contribution is -0.140. The maximum atomic E-state index is 10.8. The van der Waals surface area contributed by atoms with Gasteiger partial charge in [-0.05, 0) is 17.7 Å². The van der Waals surface area contributed by atoms with Crippen LogP contribution in [0.2, 0.25) is 0 Å². The third-order valence-electron chi connectivity index (χ3n) is 2.65. The van der Waals surface area contributed by atoms with Gasteiger partial charge in [-0.25, -0.2) is 0 Å². The van der Waals surface area contributed by atoms with Crippen molar-refractivity contribution < 1.29 is 15.0 Å². The Hall–Kier alpha value is -1.55. The van der Waals surface area contributed by atoms with Crippen LogP contribution in [0.1, 0.15) is 19.4 Å². The van der Waals surface area contributed by atoms with Crippen molar-refractivity contribution in [2.45, 2.75) is 25.3 Å². The van der Waals surface area contributed by atoms with Crippen LogP contribution in [-0.4, -0.2) is 22.2 Å². The van der Waals surface area contributed by atoms with Crippen LogP contribution in [0.25, 0.3) is 0 Å². The fourth-order valence-corrected chi connectivity index (χ4v) is 1.38. The largest absolute Gasteiger partial charge is 0.508 e. The maximum Gasteiger partial charge on any atom is 0.321 e. The van der Waals surface area contributed by atoms with Gasteiger partial charge in [0, 0.05) is 5.41 Å². The van der Waals surface area contributed by atoms with E-state index in [0.29, 0.717) is 0 Å². The van der Waals surface area contributed by atoms with Crippen LogP contribution in [0, 0.1) is 0 Å². The normalized spacial score (nSPS) is 13.5. The third kappa shape index (κ3) is 2.27. The van der Waals surface area contributed by atoms with Crippen LogP contribution in [0.15, 0.2) is 24.3 Å². The molecule has 0 saturated heterocycles. The minimum absolute atomic E-state index is 0.151. The number of nitrogens with two attached hydrogens (primary N) is 1. The minimum atomic E-state index is -1.03. The van der Waals surface area contributed by atoms with E-state index < -0.39 is 17.4 Å². The molecular formula is C11H15NO3. The van der Waals surface area contributed by atoms with Gasteiger partial charge in [0.25, 0.3) is 0 Å². The Morgan fingerprint density at radius 2 is 1.80 bits per heavy atom. The Morgan fingerprint density at radius 1 is 1.33 bits per heavy atom. The van der Waals surface area contributed by atoms with E-state index in [1.807, 2.05) is 0 Å². The molecule has 0 saturated carbocycles. The summed E-state index contributed by atoms with van der Waals surface area (Å²) in [5.74, 6) is -0.883. The van der Waals surface area contributed by atoms with E-state index in [1.54, 1.807) is 26.0 Å². The van der Waals surface area contributed by atoms with E-state index in [9.17, 15) is 4.79 Å². The van der Waals surface area contributed by atoms with E-state index in [1.165, 1.54) is 12.1 Å². The smallest absolute Gasteiger partial charge is 0.321 e. The van der Waals surface area contributed by atoms with Gasteiger partial charge in [-0.3, -0.25) is 4.79 Å². The van der Waals surface area contributed by atoms with Crippen molar-refractivity contribution in [1.82, 2.24) is 0 Å². The molecule has 0 aliphatic heterocycles. The molecule has 0 bridgehead atoms. The predicted octanol–water partition coefficient (Wildman–Crippen LogP) is 1.08. The highest BCUT2D eigenvalue weighted by molar-refractivity contribution is 5.75. The third-order valence-corrected chi connectivity index (χ3v) is 2.65. The number of hydrogen-bond acceptors (Lipinski definition) is 3. The van der Waals surface area contributed by atoms with Crippen molar-refractivity contribution in [3.63, 3.8) is 0 Å². The summed E-state index contributed by atoms with van der Waals surface area (Å²) in [4.78, 5) is 10.8. The molecule has 0 heterocycles. The maximum absolute atomic E-state index is 10.8. The number of phenols is 1. The van der Waals surface area contributed by atoms with Gasteiger partial charge in [0.2, 0.25) is 0 Å². The Bertz CT molecular complexity index is 357. The summed E-state index contributed by atoms with van der Waals surface area (Å²) in [6.45, 7) is 3.52. The summed E-state index contributed by atoms with van der Waals surface area (Å²) >= 11 is 0. The first-order valence-corrected chi connectivity index (χ1v) is 4.63. The summed E-state index contributed by atoms with van der Waals surface area (Å²) in [5, 5.41) is 18.0. The first-order valence-electron chi connectivity index (χ1n) is 4.63. The first kappa shape index (κ1) is 11.5. The second-order valence-electron chi connectivity index (χ2n) is 4.08. The molecule has 0 aliphatic rings. The molecule has 0 aliphatic carbocycles. The van der Waals surface area contributed by atoms with E-state index in [4.69, 9.17) is 15.9 Å². The molecule has 4 nitrogen and oxygen atoms in total. The van der Waals surface area contributed by atoms with E-state index in [0.717, 1.165) is 5.56 Å². The Labute approximate surface area is 88.3 Å². The number of phenolic OH excluding ortho intramolecular Hbond substituents is 1. The quantitative estimate of drug-likeness (QED) is 0.695. The van der Waals surface area contributed by atoms with E-state index in [2.05, 4.69) is 0 Å². The van der Waals surface area contributed by atoms with Gasteiger partial charge in [0.15, 0.2) is 0 Å². The number of carboxylic acid groups (broad SMARTS) is 1. The number of hydrogen-bond donors (Lipinski definition) is 3. The molecule has 4 heteroatoms. The molecule has 1 aromatic carbocycles. The van der Waals surface area contributed by atoms with Crippen LogP contribution in [-0.2, 0) is 10.2 Å². The zero-order valence-electron chi connectivity index (χ0n) is 8.77. The van der Waals surface area contributed by atoms with Crippen LogP contribution in [0.3, 0.4) is 0 Å². The summed E-state index contributed by atoms with van der Waals surface area (Å²) in [7, 11) is 0. The highest BCUT2D eigenvalue weighted by Crippen LogP contribution is 2.27. The van der Waals surface area contributed by atoms with Gasteiger partial charge in [0.1, 0.15) is 11.8 Å². The number of carboxylic acids is 1. The Balaban J connectivity index is 3.05. The highest BCUT2D eigenvalue weighted by atomic mass is 16.4. The molecule has 15 heavy (non-hydrogen) atoms. The molecule has 1 unspecified atom stereocenters. The van der Waals surface area contributed by atoms with Gasteiger partial charge in [-0.1, -0.05) is 26.0 Å². The van der Waals surface area contributed by atoms with Gasteiger partial charge < -0.3 is 15.9 Å². The van der Waals surface area contributed by atoms with E-state index in [-0.39, 0.29) is 5.75 Å². The lowest BCUT2D eigenvalue weighted by Crippen LogP contribution is -2.46. The van der Waals surface area contributed by atoms with E-state index >= 15 is 0 Å². The van der Waals surface area contributed by atoms with Gasteiger partial charge in [-0.2, -0.15) is 0 Å². The topological polar surface area (TPSA) is 83.5 Å². The van der Waals surface area contributed by atoms with Gasteiger partial charge >= 0.3 is 5.97 Å².